The van der Waals surface area contributed by atoms with Gasteiger partial charge >= 0.3 is 0 Å². The van der Waals surface area contributed by atoms with Gasteiger partial charge in [0.2, 0.25) is 10.8 Å². The van der Waals surface area contributed by atoms with Crippen LogP contribution >= 0.6 is 11.3 Å². The van der Waals surface area contributed by atoms with Crippen LogP contribution in [0.1, 0.15) is 0 Å². The minimum absolute atomic E-state index is 0.560. The van der Waals surface area contributed by atoms with E-state index in [1.54, 1.807) is 10.8 Å². The second-order valence-corrected chi connectivity index (χ2v) is 5.92. The van der Waals surface area contributed by atoms with Gasteiger partial charge in [-0.2, -0.15) is 9.61 Å². The molecular weight excluding hydrogens is 316 g/mol. The Morgan fingerprint density at radius 3 is 2.83 bits per heavy atom. The van der Waals surface area contributed by atoms with Crippen LogP contribution in [0.3, 0.4) is 0 Å². The van der Waals surface area contributed by atoms with Crippen LogP contribution in [0.2, 0.25) is 0 Å². The number of benzene rings is 1. The van der Waals surface area contributed by atoms with Gasteiger partial charge in [0.1, 0.15) is 18.2 Å². The smallest absolute Gasteiger partial charge is 0.235 e. The van der Waals surface area contributed by atoms with Crippen LogP contribution in [-0.2, 0) is 0 Å². The molecule has 114 valence electrons. The second-order valence-electron chi connectivity index (χ2n) is 4.96. The van der Waals surface area contributed by atoms with Crippen LogP contribution in [0.4, 0.5) is 0 Å². The van der Waals surface area contributed by atoms with Crippen molar-refractivity contribution in [2.24, 2.45) is 0 Å². The third kappa shape index (κ3) is 1.99. The molecule has 3 aromatic heterocycles. The number of furan rings is 1. The zero-order valence-corrected chi connectivity index (χ0v) is 12.6. The van der Waals surface area contributed by atoms with E-state index in [0.29, 0.717) is 29.8 Å². The lowest BCUT2D eigenvalue weighted by Crippen LogP contribution is -2.15. The first kappa shape index (κ1) is 12.7. The summed E-state index contributed by atoms with van der Waals surface area (Å²) in [5, 5.41) is 13.7. The first-order valence-corrected chi connectivity index (χ1v) is 7.86. The summed E-state index contributed by atoms with van der Waals surface area (Å²) in [6.07, 6.45) is 1.60. The predicted molar refractivity (Wildman–Crippen MR) is 82.8 cm³/mol. The first-order chi connectivity index (χ1) is 11.4. The van der Waals surface area contributed by atoms with E-state index in [0.717, 1.165) is 22.1 Å². The van der Waals surface area contributed by atoms with Gasteiger partial charge in [-0.05, 0) is 30.3 Å². The molecule has 23 heavy (non-hydrogen) atoms. The first-order valence-electron chi connectivity index (χ1n) is 7.05. The maximum atomic E-state index is 5.63. The summed E-state index contributed by atoms with van der Waals surface area (Å²) in [6.45, 7) is 1.14. The van der Waals surface area contributed by atoms with E-state index >= 15 is 0 Å². The highest BCUT2D eigenvalue weighted by Crippen LogP contribution is 2.36. The topological polar surface area (TPSA) is 74.7 Å². The normalized spacial score (nSPS) is 13.6. The zero-order valence-electron chi connectivity index (χ0n) is 11.8. The fourth-order valence-corrected chi connectivity index (χ4v) is 3.31. The standard InChI is InChI=1S/C15H10N4O3S/c1-2-11(20-5-1)13-16-17-15-19(13)18-14(23-15)9-3-4-10-12(8-9)22-7-6-21-10/h1-5,8H,6-7H2. The third-order valence-corrected chi connectivity index (χ3v) is 4.47. The van der Waals surface area contributed by atoms with Crippen molar-refractivity contribution in [1.29, 1.82) is 0 Å². The van der Waals surface area contributed by atoms with Gasteiger partial charge in [-0.25, -0.2) is 0 Å². The van der Waals surface area contributed by atoms with Gasteiger partial charge in [-0.15, -0.1) is 10.2 Å². The molecule has 1 aliphatic rings. The Morgan fingerprint density at radius 2 is 1.96 bits per heavy atom. The zero-order chi connectivity index (χ0) is 15.2. The summed E-state index contributed by atoms with van der Waals surface area (Å²) < 4.78 is 18.2. The van der Waals surface area contributed by atoms with Crippen LogP contribution in [0.25, 0.3) is 27.1 Å². The molecule has 0 amide bonds. The van der Waals surface area contributed by atoms with Crippen molar-refractivity contribution in [1.82, 2.24) is 19.8 Å². The van der Waals surface area contributed by atoms with E-state index in [1.807, 2.05) is 30.3 Å². The Bertz CT molecular complexity index is 990. The van der Waals surface area contributed by atoms with E-state index < -0.39 is 0 Å². The summed E-state index contributed by atoms with van der Waals surface area (Å²) in [5.41, 5.74) is 0.954. The highest BCUT2D eigenvalue weighted by molar-refractivity contribution is 7.19. The van der Waals surface area contributed by atoms with Crippen molar-refractivity contribution in [3.63, 3.8) is 0 Å². The molecule has 1 aromatic carbocycles. The number of hydrogen-bond donors (Lipinski definition) is 0. The van der Waals surface area contributed by atoms with Crippen molar-refractivity contribution in [2.45, 2.75) is 0 Å². The van der Waals surface area contributed by atoms with E-state index in [9.17, 15) is 0 Å². The fourth-order valence-electron chi connectivity index (χ4n) is 2.47. The Labute approximate surface area is 134 Å². The molecule has 4 heterocycles. The summed E-state index contributed by atoms with van der Waals surface area (Å²) in [6, 6.07) is 9.45. The average Bonchev–Trinajstić information content (AvgIpc) is 3.30. The Balaban J connectivity index is 1.61. The molecule has 5 rings (SSSR count). The maximum absolute atomic E-state index is 5.63. The van der Waals surface area contributed by atoms with E-state index in [-0.39, 0.29) is 0 Å². The van der Waals surface area contributed by atoms with E-state index in [1.165, 1.54) is 11.3 Å². The molecule has 0 unspecified atom stereocenters. The van der Waals surface area contributed by atoms with Gasteiger partial charge in [0.15, 0.2) is 17.3 Å². The predicted octanol–water partition coefficient (Wildman–Crippen LogP) is 2.88. The average molecular weight is 326 g/mol. The summed E-state index contributed by atoms with van der Waals surface area (Å²) in [5.74, 6) is 2.73. The molecule has 0 spiro atoms. The maximum Gasteiger partial charge on any atom is 0.235 e. The minimum atomic E-state index is 0.560. The lowest BCUT2D eigenvalue weighted by Gasteiger charge is -2.18. The Kier molecular flexibility index (Phi) is 2.65. The number of aromatic nitrogens is 4. The third-order valence-electron chi connectivity index (χ3n) is 3.52. The van der Waals surface area contributed by atoms with Crippen LogP contribution in [0, 0.1) is 0 Å². The largest absolute Gasteiger partial charge is 0.486 e. The molecule has 0 N–H and O–H groups in total. The minimum Gasteiger partial charge on any atom is -0.486 e. The van der Waals surface area contributed by atoms with Crippen molar-refractivity contribution in [2.75, 3.05) is 13.2 Å². The number of fused-ring (bicyclic) bond motifs is 2. The molecule has 7 nitrogen and oxygen atoms in total. The number of rotatable bonds is 2. The molecule has 1 aliphatic heterocycles. The van der Waals surface area contributed by atoms with Crippen molar-refractivity contribution < 1.29 is 13.9 Å². The fraction of sp³-hybridized carbons (Fsp3) is 0.133. The van der Waals surface area contributed by atoms with Gasteiger partial charge in [-0.1, -0.05) is 11.3 Å². The lowest BCUT2D eigenvalue weighted by molar-refractivity contribution is 0.171. The highest BCUT2D eigenvalue weighted by atomic mass is 32.1. The molecule has 0 saturated carbocycles. The Hall–Kier alpha value is -2.87. The molecular formula is C15H10N4O3S. The van der Waals surface area contributed by atoms with Gasteiger partial charge in [0.25, 0.3) is 0 Å². The molecule has 0 aliphatic carbocycles. The van der Waals surface area contributed by atoms with Crippen LogP contribution in [0.5, 0.6) is 11.5 Å². The Morgan fingerprint density at radius 1 is 1.04 bits per heavy atom. The molecule has 4 aromatic rings. The van der Waals surface area contributed by atoms with Crippen LogP contribution in [0.15, 0.2) is 41.0 Å². The van der Waals surface area contributed by atoms with Crippen molar-refractivity contribution >= 4 is 16.3 Å². The highest BCUT2D eigenvalue weighted by Gasteiger charge is 2.18. The molecule has 0 atom stereocenters. The van der Waals surface area contributed by atoms with Crippen LogP contribution < -0.4 is 9.47 Å². The number of hydrogen-bond acceptors (Lipinski definition) is 7. The van der Waals surface area contributed by atoms with Crippen LogP contribution in [-0.4, -0.2) is 33.0 Å². The van der Waals surface area contributed by atoms with E-state index in [2.05, 4.69) is 15.3 Å². The lowest BCUT2D eigenvalue weighted by atomic mass is 10.2. The molecule has 0 saturated heterocycles. The number of ether oxygens (including phenoxy) is 2. The summed E-state index contributed by atoms with van der Waals surface area (Å²) >= 11 is 1.46. The van der Waals surface area contributed by atoms with Crippen molar-refractivity contribution in [3.8, 4) is 33.7 Å². The quantitative estimate of drug-likeness (QED) is 0.564. The monoisotopic (exact) mass is 326 g/mol. The second kappa shape index (κ2) is 4.82. The van der Waals surface area contributed by atoms with Gasteiger partial charge in [-0.3, -0.25) is 0 Å². The molecule has 8 heteroatoms. The van der Waals surface area contributed by atoms with Crippen molar-refractivity contribution in [3.05, 3.63) is 36.6 Å². The molecule has 0 fully saturated rings. The number of nitrogens with zero attached hydrogens (tertiary/aromatic N) is 4. The van der Waals surface area contributed by atoms with Gasteiger partial charge in [0, 0.05) is 5.56 Å². The van der Waals surface area contributed by atoms with Gasteiger partial charge in [0.05, 0.1) is 6.26 Å². The SMILES string of the molecule is c1coc(-c2nnc3sc(-c4ccc5c(c4)OCCO5)nn23)c1. The molecule has 0 bridgehead atoms. The summed E-state index contributed by atoms with van der Waals surface area (Å²) in [7, 11) is 0. The summed E-state index contributed by atoms with van der Waals surface area (Å²) in [4.78, 5) is 0.710. The van der Waals surface area contributed by atoms with Gasteiger partial charge < -0.3 is 13.9 Å². The molecule has 0 radical (unpaired) electrons. The van der Waals surface area contributed by atoms with E-state index in [4.69, 9.17) is 13.9 Å².